The van der Waals surface area contributed by atoms with Gasteiger partial charge < -0.3 is 29.9 Å². The lowest BCUT2D eigenvalue weighted by molar-refractivity contribution is -0.148. The van der Waals surface area contributed by atoms with Crippen LogP contribution in [-0.2, 0) is 9.59 Å². The summed E-state index contributed by atoms with van der Waals surface area (Å²) in [6.45, 7) is 7.29. The van der Waals surface area contributed by atoms with Crippen LogP contribution < -0.4 is 14.8 Å². The van der Waals surface area contributed by atoms with Crippen LogP contribution in [0.2, 0.25) is 0 Å². The van der Waals surface area contributed by atoms with Crippen molar-refractivity contribution >= 4 is 40.7 Å². The molecule has 6 atom stereocenters. The zero-order valence-corrected chi connectivity index (χ0v) is 29.4. The van der Waals surface area contributed by atoms with Crippen LogP contribution in [0.3, 0.4) is 0 Å². The van der Waals surface area contributed by atoms with Crippen LogP contribution in [0.1, 0.15) is 95.3 Å². The molecule has 0 heterocycles. The first-order chi connectivity index (χ1) is 21.5. The van der Waals surface area contributed by atoms with Crippen molar-refractivity contribution in [3.05, 3.63) is 32.9 Å². The molecule has 1 aromatic rings. The summed E-state index contributed by atoms with van der Waals surface area (Å²) in [4.78, 5) is 40.7. The number of aliphatic hydroxyl groups excluding tert-OH is 2. The van der Waals surface area contributed by atoms with Gasteiger partial charge in [0.05, 0.1) is 23.3 Å². The predicted octanol–water partition coefficient (Wildman–Crippen LogP) is 5.29. The molecule has 10 heteroatoms. The van der Waals surface area contributed by atoms with Gasteiger partial charge >= 0.3 is 0 Å². The summed E-state index contributed by atoms with van der Waals surface area (Å²) >= 11 is 2.06. The van der Waals surface area contributed by atoms with E-state index in [1.54, 1.807) is 18.2 Å². The number of methoxy groups -OCH3 is 1. The zero-order chi connectivity index (χ0) is 32.7. The number of carbonyl (C=O) groups is 3. The van der Waals surface area contributed by atoms with Crippen molar-refractivity contribution in [1.82, 2.24) is 10.2 Å². The topological polar surface area (TPSA) is 125 Å². The monoisotopic (exact) mass is 738 g/mol. The van der Waals surface area contributed by atoms with Crippen LogP contribution in [0.4, 0.5) is 0 Å². The van der Waals surface area contributed by atoms with E-state index in [0.717, 1.165) is 57.1 Å². The van der Waals surface area contributed by atoms with E-state index < -0.39 is 18.2 Å². The first-order valence-corrected chi connectivity index (χ1v) is 17.7. The molecular weight excluding hydrogens is 687 g/mol. The third-order valence-electron chi connectivity index (χ3n) is 10.5. The highest BCUT2D eigenvalue weighted by atomic mass is 127. The fourth-order valence-corrected chi connectivity index (χ4v) is 8.47. The highest BCUT2D eigenvalue weighted by Crippen LogP contribution is 2.61. The van der Waals surface area contributed by atoms with Crippen LogP contribution in [-0.4, -0.2) is 78.3 Å². The number of aldehydes is 1. The van der Waals surface area contributed by atoms with Crippen LogP contribution in [0.15, 0.2) is 23.8 Å². The largest absolute Gasteiger partial charge is 0.493 e. The highest BCUT2D eigenvalue weighted by Gasteiger charge is 2.55. The normalized spacial score (nSPS) is 26.7. The van der Waals surface area contributed by atoms with E-state index in [4.69, 9.17) is 9.47 Å². The van der Waals surface area contributed by atoms with E-state index >= 15 is 0 Å². The quantitative estimate of drug-likeness (QED) is 0.120. The molecule has 3 fully saturated rings. The van der Waals surface area contributed by atoms with Gasteiger partial charge in [-0.25, -0.2) is 0 Å². The van der Waals surface area contributed by atoms with Crippen molar-refractivity contribution < 1.29 is 34.1 Å². The maximum absolute atomic E-state index is 14.1. The maximum atomic E-state index is 14.1. The molecule has 0 saturated heterocycles. The Kier molecular flexibility index (Phi) is 12.7. The Morgan fingerprint density at radius 2 is 1.93 bits per heavy atom. The van der Waals surface area contributed by atoms with E-state index in [-0.39, 0.29) is 36.8 Å². The van der Waals surface area contributed by atoms with E-state index in [1.165, 1.54) is 13.5 Å². The van der Waals surface area contributed by atoms with Gasteiger partial charge in [-0.1, -0.05) is 46.5 Å². The lowest BCUT2D eigenvalue weighted by atomic mass is 9.45. The lowest BCUT2D eigenvalue weighted by Gasteiger charge is -2.61. The van der Waals surface area contributed by atoms with Crippen molar-refractivity contribution in [2.24, 2.45) is 23.2 Å². The second-order valence-corrected chi connectivity index (χ2v) is 14.7. The molecule has 0 radical (unpaired) electrons. The van der Waals surface area contributed by atoms with Gasteiger partial charge in [0.1, 0.15) is 18.5 Å². The van der Waals surface area contributed by atoms with Gasteiger partial charge in [-0.05, 0) is 89.7 Å². The standard InChI is InChI=1S/C35H51IN2O7/c1-5-6-7-8-9-10-31(41)38(20-23-11-12-25-19-26(23)35(25,2)3)28-17-24(34(43)37-13-14-39)18-29(32(28)42)45-33-27(36)15-22(21-40)16-30(33)44-4/h15-16,18,21,23,25-26,28-29,32,39,42H,5-14,17,19-20H2,1-4H3,(H,37,43)/t23-,25-,26-,28+,29-,32-/m0/s1. The third kappa shape index (κ3) is 8.22. The fraction of sp³-hybridized carbons (Fsp3) is 0.686. The number of nitrogens with zero attached hydrogens (tertiary/aromatic N) is 1. The summed E-state index contributed by atoms with van der Waals surface area (Å²) in [7, 11) is 1.48. The Labute approximate surface area is 281 Å². The number of ether oxygens (including phenoxy) is 2. The van der Waals surface area contributed by atoms with E-state index in [9.17, 15) is 24.6 Å². The van der Waals surface area contributed by atoms with Crippen LogP contribution in [0, 0.1) is 26.7 Å². The maximum Gasteiger partial charge on any atom is 0.247 e. The minimum absolute atomic E-state index is 0.00747. The minimum Gasteiger partial charge on any atom is -0.493 e. The van der Waals surface area contributed by atoms with Gasteiger partial charge in [0.2, 0.25) is 11.8 Å². The third-order valence-corrected chi connectivity index (χ3v) is 11.3. The van der Waals surface area contributed by atoms with Crippen molar-refractivity contribution in [2.75, 3.05) is 26.8 Å². The smallest absolute Gasteiger partial charge is 0.247 e. The SMILES string of the molecule is CCCCCCCC(=O)N(C[C@@H]1CC[C@H]2C[C@@H]1C2(C)C)[C@@H]1CC(C(=O)NCCO)=C[C@H](Oc2c(I)cc(C=O)cc2OC)[C@H]1O. The van der Waals surface area contributed by atoms with Crippen LogP contribution in [0.5, 0.6) is 11.5 Å². The number of amides is 2. The molecule has 1 aromatic carbocycles. The molecule has 5 rings (SSSR count). The van der Waals surface area contributed by atoms with Crippen molar-refractivity contribution in [2.45, 2.75) is 103 Å². The Hall–Kier alpha value is -2.18. The number of hydrogen-bond acceptors (Lipinski definition) is 7. The van der Waals surface area contributed by atoms with Crippen LogP contribution in [0.25, 0.3) is 0 Å². The molecule has 0 spiro atoms. The molecule has 0 unspecified atom stereocenters. The number of fused-ring (bicyclic) bond motifs is 2. The molecule has 2 bridgehead atoms. The van der Waals surface area contributed by atoms with Gasteiger partial charge in [0, 0.05) is 37.1 Å². The second-order valence-electron chi connectivity index (χ2n) is 13.6. The average molecular weight is 739 g/mol. The molecule has 4 aliphatic carbocycles. The van der Waals surface area contributed by atoms with Gasteiger partial charge in [-0.15, -0.1) is 0 Å². The van der Waals surface area contributed by atoms with Gasteiger partial charge in [0.15, 0.2) is 11.5 Å². The number of hydrogen-bond donors (Lipinski definition) is 3. The molecule has 0 aromatic heterocycles. The summed E-state index contributed by atoms with van der Waals surface area (Å²) < 4.78 is 12.5. The zero-order valence-electron chi connectivity index (χ0n) is 27.2. The summed E-state index contributed by atoms with van der Waals surface area (Å²) in [5.41, 5.74) is 1.07. The van der Waals surface area contributed by atoms with E-state index in [2.05, 4.69) is 48.7 Å². The summed E-state index contributed by atoms with van der Waals surface area (Å²) in [5, 5.41) is 24.0. The summed E-state index contributed by atoms with van der Waals surface area (Å²) in [6.07, 6.45) is 9.38. The molecule has 3 N–H and O–H groups in total. The molecule has 0 aliphatic heterocycles. The first-order valence-electron chi connectivity index (χ1n) is 16.6. The number of benzene rings is 1. The Morgan fingerprint density at radius 3 is 2.58 bits per heavy atom. The number of aliphatic hydroxyl groups is 2. The van der Waals surface area contributed by atoms with E-state index in [1.807, 2.05) is 4.90 Å². The number of halogens is 1. The van der Waals surface area contributed by atoms with Crippen molar-refractivity contribution in [1.29, 1.82) is 0 Å². The van der Waals surface area contributed by atoms with Gasteiger partial charge in [-0.2, -0.15) is 0 Å². The minimum atomic E-state index is -1.11. The summed E-state index contributed by atoms with van der Waals surface area (Å²) in [5.74, 6) is 1.91. The fourth-order valence-electron chi connectivity index (χ4n) is 7.72. The second kappa shape index (κ2) is 16.1. The predicted molar refractivity (Wildman–Crippen MR) is 181 cm³/mol. The van der Waals surface area contributed by atoms with Gasteiger partial charge in [-0.3, -0.25) is 14.4 Å². The Morgan fingerprint density at radius 1 is 1.18 bits per heavy atom. The van der Waals surface area contributed by atoms with Crippen molar-refractivity contribution in [3.8, 4) is 11.5 Å². The number of unbranched alkanes of at least 4 members (excludes halogenated alkanes) is 4. The van der Waals surface area contributed by atoms with Crippen molar-refractivity contribution in [3.63, 3.8) is 0 Å². The molecule has 250 valence electrons. The Bertz CT molecular complexity index is 1230. The number of nitrogens with one attached hydrogen (secondary N) is 1. The van der Waals surface area contributed by atoms with E-state index in [0.29, 0.717) is 51.0 Å². The number of rotatable bonds is 16. The molecule has 4 aliphatic rings. The highest BCUT2D eigenvalue weighted by molar-refractivity contribution is 14.1. The lowest BCUT2D eigenvalue weighted by Crippen LogP contribution is -2.59. The molecule has 45 heavy (non-hydrogen) atoms. The Balaban J connectivity index is 1.66. The molecule has 2 amide bonds. The summed E-state index contributed by atoms with van der Waals surface area (Å²) in [6, 6.07) is 2.57. The first kappa shape index (κ1) is 35.7. The number of carbonyl (C=O) groups excluding carboxylic acids is 3. The average Bonchev–Trinajstić information content (AvgIpc) is 3.03. The van der Waals surface area contributed by atoms with Gasteiger partial charge in [0.25, 0.3) is 0 Å². The molecular formula is C35H51IN2O7. The molecule has 3 saturated carbocycles. The van der Waals surface area contributed by atoms with Crippen LogP contribution >= 0.6 is 22.6 Å². The molecule has 9 nitrogen and oxygen atoms in total.